The Morgan fingerprint density at radius 2 is 1.70 bits per heavy atom. The lowest BCUT2D eigenvalue weighted by atomic mass is 9.94. The minimum atomic E-state index is -0.964. The van der Waals surface area contributed by atoms with Crippen molar-refractivity contribution in [2.24, 2.45) is 0 Å². The fourth-order valence-corrected chi connectivity index (χ4v) is 5.34. The van der Waals surface area contributed by atoms with Crippen LogP contribution in [0.25, 0.3) is 33.2 Å². The molecular weight excluding hydrogens is 464 g/mol. The van der Waals surface area contributed by atoms with Gasteiger partial charge >= 0.3 is 5.97 Å². The van der Waals surface area contributed by atoms with Gasteiger partial charge in [0.05, 0.1) is 16.6 Å². The first kappa shape index (κ1) is 22.9. The summed E-state index contributed by atoms with van der Waals surface area (Å²) >= 11 is 0. The Morgan fingerprint density at radius 1 is 0.919 bits per heavy atom. The van der Waals surface area contributed by atoms with E-state index in [-0.39, 0.29) is 11.5 Å². The zero-order chi connectivity index (χ0) is 25.4. The Hall–Kier alpha value is -4.52. The quantitative estimate of drug-likeness (QED) is 0.285. The van der Waals surface area contributed by atoms with E-state index in [1.165, 1.54) is 19.3 Å². The SMILES string of the molecule is O=C(O)c1ccc2c(c1)nc(-c1ccc(C(=O)Nc3cccc4cnccc34)cc1)n2C1CCCCC1. The molecule has 0 unspecified atom stereocenters. The maximum Gasteiger partial charge on any atom is 0.335 e. The normalized spacial score (nSPS) is 14.2. The number of pyridine rings is 1. The summed E-state index contributed by atoms with van der Waals surface area (Å²) < 4.78 is 2.26. The van der Waals surface area contributed by atoms with Crippen LogP contribution >= 0.6 is 0 Å². The standard InChI is InChI=1S/C30H26N4O3/c35-29(33-25-8-4-5-22-18-31-16-15-24(22)25)20-11-9-19(10-12-20)28-32-26-17-21(30(36)37)13-14-27(26)34(28)23-6-2-1-3-7-23/h4-5,8-18,23H,1-3,6-7H2,(H,33,35)(H,36,37). The number of aromatic carboxylic acids is 1. The van der Waals surface area contributed by atoms with E-state index in [2.05, 4.69) is 14.9 Å². The number of anilines is 1. The maximum atomic E-state index is 13.1. The molecular formula is C30H26N4O3. The third-order valence-corrected chi connectivity index (χ3v) is 7.21. The third kappa shape index (κ3) is 4.33. The molecule has 1 aliphatic carbocycles. The van der Waals surface area contributed by atoms with Gasteiger partial charge in [0.15, 0.2) is 0 Å². The average Bonchev–Trinajstić information content (AvgIpc) is 3.32. The fraction of sp³-hybridized carbons (Fsp3) is 0.200. The maximum absolute atomic E-state index is 13.1. The highest BCUT2D eigenvalue weighted by atomic mass is 16.4. The number of hydrogen-bond donors (Lipinski definition) is 2. The molecule has 0 atom stereocenters. The summed E-state index contributed by atoms with van der Waals surface area (Å²) in [7, 11) is 0. The van der Waals surface area contributed by atoms with Crippen molar-refractivity contribution < 1.29 is 14.7 Å². The number of carboxylic acids is 1. The Balaban J connectivity index is 1.34. The highest BCUT2D eigenvalue weighted by Crippen LogP contribution is 2.36. The van der Waals surface area contributed by atoms with Gasteiger partial charge in [-0.2, -0.15) is 0 Å². The number of carboxylic acid groups (broad SMARTS) is 1. The smallest absolute Gasteiger partial charge is 0.335 e. The zero-order valence-corrected chi connectivity index (χ0v) is 20.2. The molecule has 6 rings (SSSR count). The lowest BCUT2D eigenvalue weighted by Gasteiger charge is -2.25. The van der Waals surface area contributed by atoms with Gasteiger partial charge in [-0.25, -0.2) is 9.78 Å². The van der Waals surface area contributed by atoms with Crippen LogP contribution in [0.3, 0.4) is 0 Å². The Bertz CT molecular complexity index is 1630. The van der Waals surface area contributed by atoms with Crippen LogP contribution in [-0.4, -0.2) is 31.5 Å². The molecule has 0 spiro atoms. The number of carbonyl (C=O) groups is 2. The van der Waals surface area contributed by atoms with E-state index < -0.39 is 5.97 Å². The number of benzene rings is 3. The van der Waals surface area contributed by atoms with Crippen molar-refractivity contribution in [3.63, 3.8) is 0 Å². The number of hydrogen-bond acceptors (Lipinski definition) is 4. The van der Waals surface area contributed by atoms with Crippen molar-refractivity contribution in [1.82, 2.24) is 14.5 Å². The predicted octanol–water partition coefficient (Wildman–Crippen LogP) is 6.71. The Morgan fingerprint density at radius 3 is 2.49 bits per heavy atom. The first-order chi connectivity index (χ1) is 18.1. The first-order valence-electron chi connectivity index (χ1n) is 12.6. The summed E-state index contributed by atoms with van der Waals surface area (Å²) in [5.41, 5.74) is 4.02. The predicted molar refractivity (Wildman–Crippen MR) is 144 cm³/mol. The van der Waals surface area contributed by atoms with Gasteiger partial charge in [-0.15, -0.1) is 0 Å². The highest BCUT2D eigenvalue weighted by Gasteiger charge is 2.23. The monoisotopic (exact) mass is 490 g/mol. The second-order valence-corrected chi connectivity index (χ2v) is 9.54. The molecule has 0 bridgehead atoms. The summed E-state index contributed by atoms with van der Waals surface area (Å²) in [5.74, 6) is -0.353. The minimum Gasteiger partial charge on any atom is -0.478 e. The number of amides is 1. The molecule has 1 aliphatic rings. The molecule has 37 heavy (non-hydrogen) atoms. The number of carbonyl (C=O) groups excluding carboxylic acids is 1. The molecule has 0 radical (unpaired) electrons. The van der Waals surface area contributed by atoms with Crippen molar-refractivity contribution in [3.05, 3.63) is 90.3 Å². The number of aromatic nitrogens is 3. The second kappa shape index (κ2) is 9.50. The van der Waals surface area contributed by atoms with Crippen LogP contribution < -0.4 is 5.32 Å². The van der Waals surface area contributed by atoms with Crippen molar-refractivity contribution in [3.8, 4) is 11.4 Å². The number of imidazole rings is 1. The van der Waals surface area contributed by atoms with Crippen LogP contribution in [-0.2, 0) is 0 Å². The molecule has 184 valence electrons. The second-order valence-electron chi connectivity index (χ2n) is 9.54. The molecule has 7 nitrogen and oxygen atoms in total. The summed E-state index contributed by atoms with van der Waals surface area (Å²) in [6.07, 6.45) is 9.20. The summed E-state index contributed by atoms with van der Waals surface area (Å²) in [6, 6.07) is 20.6. The number of fused-ring (bicyclic) bond motifs is 2. The van der Waals surface area contributed by atoms with E-state index in [1.54, 1.807) is 24.5 Å². The molecule has 2 N–H and O–H groups in total. The molecule has 2 aromatic heterocycles. The molecule has 2 heterocycles. The van der Waals surface area contributed by atoms with Gasteiger partial charge in [-0.1, -0.05) is 43.5 Å². The lowest BCUT2D eigenvalue weighted by molar-refractivity contribution is 0.0696. The lowest BCUT2D eigenvalue weighted by Crippen LogP contribution is -2.14. The number of rotatable bonds is 5. The van der Waals surface area contributed by atoms with E-state index in [1.807, 2.05) is 54.6 Å². The number of nitrogens with zero attached hydrogens (tertiary/aromatic N) is 3. The van der Waals surface area contributed by atoms with Gasteiger partial charge in [-0.05, 0) is 55.3 Å². The van der Waals surface area contributed by atoms with Crippen molar-refractivity contribution in [2.45, 2.75) is 38.1 Å². The van der Waals surface area contributed by atoms with Crippen molar-refractivity contribution >= 4 is 39.4 Å². The fourth-order valence-electron chi connectivity index (χ4n) is 5.34. The molecule has 1 amide bonds. The summed E-state index contributed by atoms with van der Waals surface area (Å²) in [6.45, 7) is 0. The molecule has 1 fully saturated rings. The molecule has 3 aromatic carbocycles. The van der Waals surface area contributed by atoms with E-state index in [0.29, 0.717) is 17.1 Å². The Labute approximate surface area is 213 Å². The Kier molecular flexibility index (Phi) is 5.88. The highest BCUT2D eigenvalue weighted by molar-refractivity contribution is 6.09. The van der Waals surface area contributed by atoms with Gasteiger partial charge in [0.25, 0.3) is 5.91 Å². The first-order valence-corrected chi connectivity index (χ1v) is 12.6. The van der Waals surface area contributed by atoms with E-state index in [9.17, 15) is 14.7 Å². The van der Waals surface area contributed by atoms with Crippen LogP contribution in [0.2, 0.25) is 0 Å². The van der Waals surface area contributed by atoms with Gasteiger partial charge in [0.2, 0.25) is 0 Å². The average molecular weight is 491 g/mol. The van der Waals surface area contributed by atoms with Crippen LogP contribution in [0.15, 0.2) is 79.1 Å². The molecule has 1 saturated carbocycles. The van der Waals surface area contributed by atoms with Crippen LogP contribution in [0.1, 0.15) is 58.9 Å². The summed E-state index contributed by atoms with van der Waals surface area (Å²) in [5, 5.41) is 14.4. The van der Waals surface area contributed by atoms with Gasteiger partial charge < -0.3 is 15.0 Å². The van der Waals surface area contributed by atoms with Gasteiger partial charge in [-0.3, -0.25) is 9.78 Å². The summed E-state index contributed by atoms with van der Waals surface area (Å²) in [4.78, 5) is 33.6. The van der Waals surface area contributed by atoms with Crippen LogP contribution in [0.4, 0.5) is 5.69 Å². The van der Waals surface area contributed by atoms with Crippen LogP contribution in [0.5, 0.6) is 0 Å². The molecule has 0 saturated heterocycles. The van der Waals surface area contributed by atoms with Gasteiger partial charge in [0.1, 0.15) is 5.82 Å². The van der Waals surface area contributed by atoms with Crippen molar-refractivity contribution in [2.75, 3.05) is 5.32 Å². The molecule has 5 aromatic rings. The minimum absolute atomic E-state index is 0.192. The molecule has 7 heteroatoms. The van der Waals surface area contributed by atoms with E-state index in [0.717, 1.165) is 46.2 Å². The van der Waals surface area contributed by atoms with Gasteiger partial charge in [0, 0.05) is 46.0 Å². The van der Waals surface area contributed by atoms with Crippen molar-refractivity contribution in [1.29, 1.82) is 0 Å². The molecule has 0 aliphatic heterocycles. The number of nitrogens with one attached hydrogen (secondary N) is 1. The third-order valence-electron chi connectivity index (χ3n) is 7.21. The van der Waals surface area contributed by atoms with Crippen LogP contribution in [0, 0.1) is 0 Å². The van der Waals surface area contributed by atoms with E-state index >= 15 is 0 Å². The van der Waals surface area contributed by atoms with E-state index in [4.69, 9.17) is 4.98 Å². The topological polar surface area (TPSA) is 97.1 Å². The zero-order valence-electron chi connectivity index (χ0n) is 20.2. The largest absolute Gasteiger partial charge is 0.478 e.